The molecule has 4 rings (SSSR count). The van der Waals surface area contributed by atoms with Gasteiger partial charge in [0.05, 0.1) is 25.8 Å². The van der Waals surface area contributed by atoms with Crippen molar-refractivity contribution in [3.05, 3.63) is 52.7 Å². The number of ether oxygens (including phenoxy) is 2. The van der Waals surface area contributed by atoms with Crippen LogP contribution < -0.4 is 5.32 Å². The summed E-state index contributed by atoms with van der Waals surface area (Å²) in [7, 11) is 0. The highest BCUT2D eigenvalue weighted by molar-refractivity contribution is 5.93. The summed E-state index contributed by atoms with van der Waals surface area (Å²) in [5, 5.41) is 15.4. The summed E-state index contributed by atoms with van der Waals surface area (Å²) in [6.45, 7) is 10.6. The lowest BCUT2D eigenvalue weighted by Gasteiger charge is -2.33. The fraction of sp³-hybridized carbons (Fsp3) is 0.500. The molecular formula is C26H33FN8O4. The van der Waals surface area contributed by atoms with E-state index in [1.54, 1.807) is 24.0 Å². The molecule has 0 bridgehead atoms. The van der Waals surface area contributed by atoms with Crippen LogP contribution in [0.4, 0.5) is 9.18 Å². The van der Waals surface area contributed by atoms with Gasteiger partial charge in [-0.1, -0.05) is 19.1 Å². The third-order valence-electron chi connectivity index (χ3n) is 5.85. The lowest BCUT2D eigenvalue weighted by molar-refractivity contribution is -0.0497. The first-order chi connectivity index (χ1) is 18.5. The Labute approximate surface area is 225 Å². The summed E-state index contributed by atoms with van der Waals surface area (Å²) in [4.78, 5) is 36.8. The van der Waals surface area contributed by atoms with Crippen LogP contribution in [0.15, 0.2) is 24.3 Å². The van der Waals surface area contributed by atoms with Gasteiger partial charge in [-0.15, -0.1) is 10.2 Å². The SMILES string of the molecule is CCc1cc(CNC(=O)c2cc(-c3nnn(CC4CN(C(=O)OC(C)(C)C)CCO4)n3)nc(C)n2)ccc1F. The van der Waals surface area contributed by atoms with Crippen LogP contribution >= 0.6 is 0 Å². The summed E-state index contributed by atoms with van der Waals surface area (Å²) in [5.74, 6) is -0.0814. The van der Waals surface area contributed by atoms with Crippen LogP contribution in [-0.2, 0) is 29.0 Å². The van der Waals surface area contributed by atoms with Crippen molar-refractivity contribution in [1.29, 1.82) is 0 Å². The molecule has 1 unspecified atom stereocenters. The molecule has 1 fully saturated rings. The van der Waals surface area contributed by atoms with Gasteiger partial charge in [0, 0.05) is 13.1 Å². The minimum absolute atomic E-state index is 0.148. The monoisotopic (exact) mass is 540 g/mol. The molecule has 2 aromatic heterocycles. The molecule has 1 aliphatic heterocycles. The van der Waals surface area contributed by atoms with Crippen molar-refractivity contribution in [2.45, 2.75) is 65.8 Å². The summed E-state index contributed by atoms with van der Waals surface area (Å²) < 4.78 is 25.0. The smallest absolute Gasteiger partial charge is 0.410 e. The van der Waals surface area contributed by atoms with Crippen molar-refractivity contribution in [2.75, 3.05) is 19.7 Å². The van der Waals surface area contributed by atoms with Crippen LogP contribution in [0.25, 0.3) is 11.5 Å². The molecule has 39 heavy (non-hydrogen) atoms. The van der Waals surface area contributed by atoms with Gasteiger partial charge in [-0.3, -0.25) is 4.79 Å². The lowest BCUT2D eigenvalue weighted by atomic mass is 10.1. The van der Waals surface area contributed by atoms with Crippen molar-refractivity contribution < 1.29 is 23.5 Å². The Morgan fingerprint density at radius 3 is 2.77 bits per heavy atom. The highest BCUT2D eigenvalue weighted by Crippen LogP contribution is 2.16. The summed E-state index contributed by atoms with van der Waals surface area (Å²) in [6.07, 6.45) is -0.179. The molecule has 0 saturated carbocycles. The van der Waals surface area contributed by atoms with Crippen molar-refractivity contribution in [3.63, 3.8) is 0 Å². The molecule has 1 atom stereocenters. The molecule has 0 radical (unpaired) electrons. The van der Waals surface area contributed by atoms with E-state index in [9.17, 15) is 14.0 Å². The second kappa shape index (κ2) is 11.8. The number of hydrogen-bond donors (Lipinski definition) is 1. The number of halogens is 1. The van der Waals surface area contributed by atoms with E-state index in [0.717, 1.165) is 5.56 Å². The molecule has 1 saturated heterocycles. The van der Waals surface area contributed by atoms with Gasteiger partial charge >= 0.3 is 6.09 Å². The van der Waals surface area contributed by atoms with Gasteiger partial charge in [0.2, 0.25) is 5.82 Å². The van der Waals surface area contributed by atoms with E-state index >= 15 is 0 Å². The Hall–Kier alpha value is -4.00. The van der Waals surface area contributed by atoms with Gasteiger partial charge in [-0.05, 0) is 62.6 Å². The molecule has 12 nitrogen and oxygen atoms in total. The first-order valence-corrected chi connectivity index (χ1v) is 12.8. The van der Waals surface area contributed by atoms with E-state index in [-0.39, 0.29) is 36.5 Å². The highest BCUT2D eigenvalue weighted by atomic mass is 19.1. The normalized spacial score (nSPS) is 15.7. The molecule has 3 heterocycles. The fourth-order valence-corrected chi connectivity index (χ4v) is 4.01. The third-order valence-corrected chi connectivity index (χ3v) is 5.85. The number of benzene rings is 1. The number of morpholine rings is 1. The van der Waals surface area contributed by atoms with Crippen molar-refractivity contribution in [2.24, 2.45) is 0 Å². The topological polar surface area (TPSA) is 137 Å². The minimum Gasteiger partial charge on any atom is -0.444 e. The van der Waals surface area contributed by atoms with Crippen LogP contribution in [0.1, 0.15) is 55.1 Å². The lowest BCUT2D eigenvalue weighted by Crippen LogP contribution is -2.48. The number of amides is 2. The molecule has 13 heteroatoms. The van der Waals surface area contributed by atoms with Crippen LogP contribution in [0.3, 0.4) is 0 Å². The van der Waals surface area contributed by atoms with Gasteiger partial charge in [0.25, 0.3) is 5.91 Å². The zero-order valence-corrected chi connectivity index (χ0v) is 22.8. The highest BCUT2D eigenvalue weighted by Gasteiger charge is 2.29. The van der Waals surface area contributed by atoms with Crippen LogP contribution in [0, 0.1) is 12.7 Å². The third kappa shape index (κ3) is 7.53. The number of aromatic nitrogens is 6. The molecule has 2 amide bonds. The molecule has 0 aliphatic carbocycles. The van der Waals surface area contributed by atoms with Crippen molar-refractivity contribution in [1.82, 2.24) is 40.4 Å². The second-order valence-electron chi connectivity index (χ2n) is 10.2. The molecular weight excluding hydrogens is 507 g/mol. The Balaban J connectivity index is 1.40. The number of tetrazole rings is 1. The van der Waals surface area contributed by atoms with Gasteiger partial charge in [0.15, 0.2) is 0 Å². The maximum absolute atomic E-state index is 13.8. The molecule has 208 valence electrons. The number of rotatable bonds is 7. The summed E-state index contributed by atoms with van der Waals surface area (Å²) in [6, 6.07) is 6.26. The largest absolute Gasteiger partial charge is 0.444 e. The zero-order valence-electron chi connectivity index (χ0n) is 22.8. The number of carbonyl (C=O) groups is 2. The first kappa shape index (κ1) is 28.0. The maximum atomic E-state index is 13.8. The predicted octanol–water partition coefficient (Wildman–Crippen LogP) is 2.71. The van der Waals surface area contributed by atoms with Gasteiger partial charge in [-0.2, -0.15) is 4.80 Å². The number of hydrogen-bond acceptors (Lipinski definition) is 9. The zero-order chi connectivity index (χ0) is 28.2. The van der Waals surface area contributed by atoms with Crippen LogP contribution in [0.2, 0.25) is 0 Å². The number of carbonyl (C=O) groups excluding carboxylic acids is 2. The Morgan fingerprint density at radius 1 is 1.23 bits per heavy atom. The van der Waals surface area contributed by atoms with Crippen molar-refractivity contribution >= 4 is 12.0 Å². The molecule has 3 aromatic rings. The molecule has 0 spiro atoms. The van der Waals surface area contributed by atoms with E-state index in [1.807, 2.05) is 27.7 Å². The molecule has 1 N–H and O–H groups in total. The predicted molar refractivity (Wildman–Crippen MR) is 138 cm³/mol. The van der Waals surface area contributed by atoms with Crippen LogP contribution in [0.5, 0.6) is 0 Å². The first-order valence-electron chi connectivity index (χ1n) is 12.8. The quantitative estimate of drug-likeness (QED) is 0.479. The Morgan fingerprint density at radius 2 is 2.03 bits per heavy atom. The van der Waals surface area contributed by atoms with Gasteiger partial charge in [0.1, 0.15) is 28.6 Å². The van der Waals surface area contributed by atoms with E-state index < -0.39 is 17.6 Å². The van der Waals surface area contributed by atoms with Gasteiger partial charge < -0.3 is 19.7 Å². The van der Waals surface area contributed by atoms with Crippen molar-refractivity contribution in [3.8, 4) is 11.5 Å². The average Bonchev–Trinajstić information content (AvgIpc) is 3.35. The van der Waals surface area contributed by atoms with E-state index in [0.29, 0.717) is 43.2 Å². The van der Waals surface area contributed by atoms with Crippen LogP contribution in [-0.4, -0.2) is 78.5 Å². The maximum Gasteiger partial charge on any atom is 0.410 e. The van der Waals surface area contributed by atoms with E-state index in [1.165, 1.54) is 16.9 Å². The summed E-state index contributed by atoms with van der Waals surface area (Å²) in [5.41, 5.74) is 1.28. The molecule has 1 aliphatic rings. The average molecular weight is 541 g/mol. The second-order valence-corrected chi connectivity index (χ2v) is 10.2. The standard InChI is InChI=1S/C26H33FN8O4/c1-6-18-11-17(7-8-20(18)27)13-28-24(36)22-12-21(29-16(2)30-22)23-31-33-35(32-23)15-19-14-34(9-10-38-19)25(37)39-26(3,4)5/h7-8,11-12,19H,6,9-10,13-15H2,1-5H3,(H,28,36). The van der Waals surface area contributed by atoms with E-state index in [2.05, 4.69) is 30.7 Å². The van der Waals surface area contributed by atoms with E-state index in [4.69, 9.17) is 9.47 Å². The number of aryl methyl sites for hydroxylation is 2. The fourth-order valence-electron chi connectivity index (χ4n) is 4.01. The molecule has 1 aromatic carbocycles. The Kier molecular flexibility index (Phi) is 8.48. The summed E-state index contributed by atoms with van der Waals surface area (Å²) >= 11 is 0. The number of nitrogens with zero attached hydrogens (tertiary/aromatic N) is 7. The minimum atomic E-state index is -0.585. The Bertz CT molecular complexity index is 1340. The number of nitrogens with one attached hydrogen (secondary N) is 1. The van der Waals surface area contributed by atoms with Gasteiger partial charge in [-0.25, -0.2) is 19.2 Å².